The van der Waals surface area contributed by atoms with Crippen LogP contribution in [-0.2, 0) is 32.0 Å². The lowest BCUT2D eigenvalue weighted by Gasteiger charge is -2.25. The molecule has 0 aliphatic carbocycles. The fourth-order valence-corrected chi connectivity index (χ4v) is 3.96. The number of aromatic amines is 1. The van der Waals surface area contributed by atoms with Gasteiger partial charge in [0, 0.05) is 35.7 Å². The number of para-hydroxylation sites is 1. The van der Waals surface area contributed by atoms with Gasteiger partial charge in [0.25, 0.3) is 0 Å². The van der Waals surface area contributed by atoms with E-state index in [4.69, 9.17) is 5.73 Å². The summed E-state index contributed by atoms with van der Waals surface area (Å²) in [5.41, 5.74) is 8.20. The molecule has 0 fully saturated rings. The topological polar surface area (TPSA) is 166 Å². The number of benzene rings is 2. The summed E-state index contributed by atoms with van der Waals surface area (Å²) in [4.78, 5) is 53.5. The van der Waals surface area contributed by atoms with Crippen LogP contribution in [0.5, 0.6) is 0 Å². The molecule has 1 heterocycles. The van der Waals surface area contributed by atoms with Crippen LogP contribution in [-0.4, -0.2) is 63.7 Å². The van der Waals surface area contributed by atoms with E-state index in [9.17, 15) is 24.3 Å². The average Bonchev–Trinajstić information content (AvgIpc) is 3.30. The molecule has 10 nitrogen and oxygen atoms in total. The molecule has 3 amide bonds. The van der Waals surface area contributed by atoms with Gasteiger partial charge in [-0.3, -0.25) is 19.2 Å². The normalized spacial score (nSPS) is 14.2. The van der Waals surface area contributed by atoms with Crippen LogP contribution >= 0.6 is 12.6 Å². The number of nitrogens with two attached hydrogens (primary N) is 1. The van der Waals surface area contributed by atoms with Crippen LogP contribution in [0.15, 0.2) is 60.8 Å². The van der Waals surface area contributed by atoms with Crippen molar-refractivity contribution >= 4 is 47.2 Å². The maximum absolute atomic E-state index is 13.4. The second kappa shape index (κ2) is 12.9. The van der Waals surface area contributed by atoms with Gasteiger partial charge < -0.3 is 31.8 Å². The van der Waals surface area contributed by atoms with Crippen molar-refractivity contribution in [2.45, 2.75) is 43.9 Å². The predicted octanol–water partition coefficient (Wildman–Crippen LogP) is 0.769. The number of H-pyrrole nitrogens is 1. The Morgan fingerprint density at radius 3 is 2.16 bits per heavy atom. The average molecular weight is 526 g/mol. The minimum Gasteiger partial charge on any atom is -0.480 e. The van der Waals surface area contributed by atoms with Crippen LogP contribution in [0.25, 0.3) is 10.9 Å². The second-order valence-corrected chi connectivity index (χ2v) is 9.10. The molecule has 0 radical (unpaired) electrons. The van der Waals surface area contributed by atoms with E-state index >= 15 is 0 Å². The number of rotatable bonds is 12. The molecule has 1 aromatic heterocycles. The van der Waals surface area contributed by atoms with Crippen LogP contribution < -0.4 is 21.7 Å². The molecule has 2 aromatic carbocycles. The minimum absolute atomic E-state index is 0.0875. The van der Waals surface area contributed by atoms with Crippen LogP contribution in [0.2, 0.25) is 0 Å². The Hall–Kier alpha value is -3.83. The number of fused-ring (bicyclic) bond motifs is 1. The number of carbonyl (C=O) groups excluding carboxylic acids is 3. The zero-order valence-corrected chi connectivity index (χ0v) is 21.2. The Morgan fingerprint density at radius 1 is 0.892 bits per heavy atom. The van der Waals surface area contributed by atoms with Crippen molar-refractivity contribution in [3.63, 3.8) is 0 Å². The third kappa shape index (κ3) is 7.58. The maximum Gasteiger partial charge on any atom is 0.325 e. The number of amides is 3. The number of hydrogen-bond acceptors (Lipinski definition) is 6. The Balaban J connectivity index is 1.87. The van der Waals surface area contributed by atoms with Gasteiger partial charge in [0.2, 0.25) is 17.7 Å². The predicted molar refractivity (Wildman–Crippen MR) is 143 cm³/mol. The first-order valence-corrected chi connectivity index (χ1v) is 12.4. The van der Waals surface area contributed by atoms with E-state index in [0.717, 1.165) is 22.0 Å². The van der Waals surface area contributed by atoms with Gasteiger partial charge in [0.05, 0.1) is 6.04 Å². The molecular weight excluding hydrogens is 494 g/mol. The van der Waals surface area contributed by atoms with Gasteiger partial charge in [-0.05, 0) is 24.1 Å². The molecule has 0 spiro atoms. The standard InChI is InChI=1S/C26H31N5O5S/c1-15(26(35)36)29-24(33)22(12-17-13-28-20-10-6-5-9-18(17)20)31-25(34)21(30-23(32)19(27)14-37)11-16-7-3-2-4-8-16/h2-10,13,15,19,21-22,28,37H,11-12,14,27H2,1H3,(H,29,33)(H,30,32)(H,31,34)(H,35,36). The highest BCUT2D eigenvalue weighted by atomic mass is 32.1. The van der Waals surface area contributed by atoms with Crippen LogP contribution in [0.3, 0.4) is 0 Å². The van der Waals surface area contributed by atoms with E-state index < -0.39 is 47.9 Å². The number of aromatic nitrogens is 1. The SMILES string of the molecule is CC(NC(=O)C(Cc1c[nH]c2ccccc12)NC(=O)C(Cc1ccccc1)NC(=O)C(N)CS)C(=O)O. The largest absolute Gasteiger partial charge is 0.480 e. The fraction of sp³-hybridized carbons (Fsp3) is 0.308. The first-order valence-electron chi connectivity index (χ1n) is 11.8. The Kier molecular flexibility index (Phi) is 9.70. The Bertz CT molecular complexity index is 1250. The quantitative estimate of drug-likeness (QED) is 0.173. The summed E-state index contributed by atoms with van der Waals surface area (Å²) in [6, 6.07) is 12.4. The van der Waals surface area contributed by atoms with Crippen LogP contribution in [0, 0.1) is 0 Å². The fourth-order valence-electron chi connectivity index (χ4n) is 3.80. The van der Waals surface area contributed by atoms with Crippen molar-refractivity contribution in [3.8, 4) is 0 Å². The molecule has 37 heavy (non-hydrogen) atoms. The van der Waals surface area contributed by atoms with E-state index in [1.54, 1.807) is 6.20 Å². The molecule has 196 valence electrons. The molecule has 0 saturated heterocycles. The smallest absolute Gasteiger partial charge is 0.325 e. The summed E-state index contributed by atoms with van der Waals surface area (Å²) in [5.74, 6) is -2.94. The van der Waals surface area contributed by atoms with E-state index in [1.165, 1.54) is 6.92 Å². The van der Waals surface area contributed by atoms with Crippen molar-refractivity contribution < 1.29 is 24.3 Å². The molecule has 0 aliphatic rings. The summed E-state index contributed by atoms with van der Waals surface area (Å²) in [6.07, 6.45) is 1.99. The molecule has 3 aromatic rings. The van der Waals surface area contributed by atoms with Crippen LogP contribution in [0.4, 0.5) is 0 Å². The number of hydrogen-bond donors (Lipinski definition) is 7. The van der Waals surface area contributed by atoms with Gasteiger partial charge in [-0.15, -0.1) is 0 Å². The number of carboxylic acid groups (broad SMARTS) is 1. The summed E-state index contributed by atoms with van der Waals surface area (Å²) < 4.78 is 0. The zero-order chi connectivity index (χ0) is 26.9. The molecule has 0 bridgehead atoms. The summed E-state index contributed by atoms with van der Waals surface area (Å²) in [6.45, 7) is 1.34. The summed E-state index contributed by atoms with van der Waals surface area (Å²) >= 11 is 4.05. The Morgan fingerprint density at radius 2 is 1.49 bits per heavy atom. The Labute approximate surface area is 219 Å². The third-order valence-corrected chi connectivity index (χ3v) is 6.30. The van der Waals surface area contributed by atoms with Gasteiger partial charge in [-0.25, -0.2) is 0 Å². The third-order valence-electron chi connectivity index (χ3n) is 5.91. The molecule has 0 saturated carbocycles. The highest BCUT2D eigenvalue weighted by molar-refractivity contribution is 7.80. The monoisotopic (exact) mass is 525 g/mol. The van der Waals surface area contributed by atoms with E-state index in [1.807, 2.05) is 54.6 Å². The minimum atomic E-state index is -1.21. The number of aliphatic carboxylic acids is 1. The first-order chi connectivity index (χ1) is 17.7. The lowest BCUT2D eigenvalue weighted by Crippen LogP contribution is -2.58. The van der Waals surface area contributed by atoms with Crippen molar-refractivity contribution in [1.82, 2.24) is 20.9 Å². The molecular formula is C26H31N5O5S. The van der Waals surface area contributed by atoms with Gasteiger partial charge in [-0.1, -0.05) is 48.5 Å². The highest BCUT2D eigenvalue weighted by Gasteiger charge is 2.30. The van der Waals surface area contributed by atoms with Gasteiger partial charge in [0.1, 0.15) is 18.1 Å². The number of nitrogens with one attached hydrogen (secondary N) is 4. The summed E-state index contributed by atoms with van der Waals surface area (Å²) in [5, 5.41) is 17.9. The number of carbonyl (C=O) groups is 4. The lowest BCUT2D eigenvalue weighted by molar-refractivity contribution is -0.141. The van der Waals surface area contributed by atoms with E-state index in [0.29, 0.717) is 0 Å². The van der Waals surface area contributed by atoms with Gasteiger partial charge in [0.15, 0.2) is 0 Å². The molecule has 7 N–H and O–H groups in total. The highest BCUT2D eigenvalue weighted by Crippen LogP contribution is 2.19. The van der Waals surface area contributed by atoms with Crippen molar-refractivity contribution in [2.75, 3.05) is 5.75 Å². The van der Waals surface area contributed by atoms with Crippen molar-refractivity contribution in [1.29, 1.82) is 0 Å². The van der Waals surface area contributed by atoms with E-state index in [-0.39, 0.29) is 18.6 Å². The number of thiol groups is 1. The molecule has 4 unspecified atom stereocenters. The molecule has 3 rings (SSSR count). The van der Waals surface area contributed by atoms with Gasteiger partial charge >= 0.3 is 5.97 Å². The zero-order valence-electron chi connectivity index (χ0n) is 20.3. The van der Waals surface area contributed by atoms with Gasteiger partial charge in [-0.2, -0.15) is 12.6 Å². The first kappa shape index (κ1) is 27.8. The van der Waals surface area contributed by atoms with E-state index in [2.05, 4.69) is 33.6 Å². The van der Waals surface area contributed by atoms with Crippen LogP contribution in [0.1, 0.15) is 18.1 Å². The maximum atomic E-state index is 13.4. The second-order valence-electron chi connectivity index (χ2n) is 8.73. The molecule has 11 heteroatoms. The molecule has 0 aliphatic heterocycles. The van der Waals surface area contributed by atoms with Crippen molar-refractivity contribution in [2.24, 2.45) is 5.73 Å². The van der Waals surface area contributed by atoms with Crippen molar-refractivity contribution in [3.05, 3.63) is 71.9 Å². The lowest BCUT2D eigenvalue weighted by atomic mass is 10.0. The molecule has 4 atom stereocenters. The summed E-state index contributed by atoms with van der Waals surface area (Å²) in [7, 11) is 0. The number of carboxylic acids is 1.